The smallest absolute Gasteiger partial charge is 0.325 e. The second kappa shape index (κ2) is 17.0. The molecule has 1 aromatic carbocycles. The maximum Gasteiger partial charge on any atom is 0.325 e. The molecule has 0 spiro atoms. The zero-order valence-electron chi connectivity index (χ0n) is 23.1. The van der Waals surface area contributed by atoms with Gasteiger partial charge in [0.2, 0.25) is 23.6 Å². The average molecular weight is 567 g/mol. The number of nitrogens with one attached hydrogen (secondary N) is 4. The van der Waals surface area contributed by atoms with Gasteiger partial charge in [0, 0.05) is 6.42 Å². The van der Waals surface area contributed by atoms with Crippen molar-refractivity contribution in [1.82, 2.24) is 21.3 Å². The van der Waals surface area contributed by atoms with E-state index in [1.54, 1.807) is 26.0 Å². The lowest BCUT2D eigenvalue weighted by Gasteiger charge is -2.28. The largest absolute Gasteiger partial charge is 0.508 e. The lowest BCUT2D eigenvalue weighted by Crippen LogP contribution is -2.60. The molecule has 1 aromatic rings. The number of hydrogen-bond acceptors (Lipinski definition) is 9. The van der Waals surface area contributed by atoms with E-state index in [0.29, 0.717) is 24.9 Å². The van der Waals surface area contributed by atoms with Crippen LogP contribution >= 0.6 is 0 Å². The molecule has 14 nitrogen and oxygen atoms in total. The van der Waals surface area contributed by atoms with Gasteiger partial charge in [0.15, 0.2) is 0 Å². The number of aliphatic hydroxyl groups excluding tert-OH is 1. The minimum Gasteiger partial charge on any atom is -0.508 e. The topological polar surface area (TPSA) is 246 Å². The van der Waals surface area contributed by atoms with Gasteiger partial charge in [-0.3, -0.25) is 24.0 Å². The molecule has 0 heterocycles. The van der Waals surface area contributed by atoms with Crippen molar-refractivity contribution in [3.8, 4) is 5.75 Å². The van der Waals surface area contributed by atoms with E-state index in [4.69, 9.17) is 16.6 Å². The number of aromatic hydroxyl groups is 1. The van der Waals surface area contributed by atoms with E-state index in [1.165, 1.54) is 19.1 Å². The Morgan fingerprint density at radius 3 is 1.93 bits per heavy atom. The number of unbranched alkanes of at least 4 members (excludes halogenated alkanes) is 1. The summed E-state index contributed by atoms with van der Waals surface area (Å²) in [6, 6.07) is 0.0924. The molecule has 0 aliphatic heterocycles. The lowest BCUT2D eigenvalue weighted by atomic mass is 9.99. The van der Waals surface area contributed by atoms with Crippen molar-refractivity contribution in [3.63, 3.8) is 0 Å². The van der Waals surface area contributed by atoms with Crippen LogP contribution in [-0.2, 0) is 30.4 Å². The number of carbonyl (C=O) groups is 5. The molecular weight excluding hydrogens is 524 g/mol. The van der Waals surface area contributed by atoms with Gasteiger partial charge in [0.1, 0.15) is 36.0 Å². The highest BCUT2D eigenvalue weighted by molar-refractivity contribution is 5.95. The van der Waals surface area contributed by atoms with Crippen molar-refractivity contribution in [2.24, 2.45) is 17.4 Å². The van der Waals surface area contributed by atoms with E-state index in [9.17, 15) is 34.2 Å². The number of benzene rings is 1. The van der Waals surface area contributed by atoms with Crippen LogP contribution in [0.3, 0.4) is 0 Å². The molecule has 224 valence electrons. The highest BCUT2D eigenvalue weighted by Gasteiger charge is 2.32. The molecule has 0 fully saturated rings. The minimum atomic E-state index is -1.28. The van der Waals surface area contributed by atoms with Crippen LogP contribution in [0.1, 0.15) is 45.6 Å². The standard InChI is InChI=1S/C26H42N6O8/c1-14(2)21(25(38)30-19(6-4-5-11-27)23(36)29-15(3)26(39)40)32-24(37)20(31-22(35)18(28)13-33)12-16-7-9-17(34)10-8-16/h7-10,14-15,18-21,33-34H,4-6,11-13,27-28H2,1-3H3,(H,29,36)(H,30,38)(H,31,35)(H,32,37)(H,39,40)/t15-,18-,19-,20-,21-/m0/s1. The molecule has 0 aliphatic carbocycles. The molecule has 0 unspecified atom stereocenters. The van der Waals surface area contributed by atoms with Crippen LogP contribution in [0.25, 0.3) is 0 Å². The van der Waals surface area contributed by atoms with Gasteiger partial charge in [-0.25, -0.2) is 0 Å². The maximum absolute atomic E-state index is 13.3. The van der Waals surface area contributed by atoms with Crippen molar-refractivity contribution in [1.29, 1.82) is 0 Å². The molecule has 0 bridgehead atoms. The average Bonchev–Trinajstić information content (AvgIpc) is 2.90. The summed E-state index contributed by atoms with van der Waals surface area (Å²) in [5.41, 5.74) is 11.7. The van der Waals surface area contributed by atoms with Gasteiger partial charge >= 0.3 is 5.97 Å². The third-order valence-corrected chi connectivity index (χ3v) is 6.10. The zero-order chi connectivity index (χ0) is 30.4. The normalized spacial score (nSPS) is 14.8. The summed E-state index contributed by atoms with van der Waals surface area (Å²) >= 11 is 0. The Morgan fingerprint density at radius 1 is 0.825 bits per heavy atom. The summed E-state index contributed by atoms with van der Waals surface area (Å²) in [5, 5.41) is 37.9. The monoisotopic (exact) mass is 566 g/mol. The Labute approximate surface area is 233 Å². The molecule has 1 rings (SSSR count). The number of phenolic OH excluding ortho intramolecular Hbond substituents is 1. The summed E-state index contributed by atoms with van der Waals surface area (Å²) in [6.45, 7) is 4.37. The molecule has 0 saturated carbocycles. The summed E-state index contributed by atoms with van der Waals surface area (Å²) in [4.78, 5) is 62.9. The molecule has 0 aliphatic rings. The van der Waals surface area contributed by atoms with Crippen molar-refractivity contribution >= 4 is 29.6 Å². The summed E-state index contributed by atoms with van der Waals surface area (Å²) in [5.74, 6) is -4.55. The molecule has 0 radical (unpaired) electrons. The molecular formula is C26H42N6O8. The number of aliphatic hydroxyl groups is 1. The van der Waals surface area contributed by atoms with E-state index in [0.717, 1.165) is 0 Å². The van der Waals surface area contributed by atoms with Gasteiger partial charge in [0.05, 0.1) is 6.61 Å². The van der Waals surface area contributed by atoms with Crippen LogP contribution in [0.4, 0.5) is 0 Å². The van der Waals surface area contributed by atoms with Gasteiger partial charge in [-0.15, -0.1) is 0 Å². The molecule has 4 amide bonds. The zero-order valence-corrected chi connectivity index (χ0v) is 23.1. The number of carbonyl (C=O) groups excluding carboxylic acids is 4. The molecule has 40 heavy (non-hydrogen) atoms. The molecule has 5 atom stereocenters. The fourth-order valence-electron chi connectivity index (χ4n) is 3.63. The SMILES string of the molecule is CC(C)[C@H](NC(=O)[C@H](Cc1ccc(O)cc1)NC(=O)[C@@H](N)CO)C(=O)N[C@@H](CCCCN)C(=O)N[C@@H](C)C(=O)O. The highest BCUT2D eigenvalue weighted by atomic mass is 16.4. The first-order valence-corrected chi connectivity index (χ1v) is 13.1. The van der Waals surface area contributed by atoms with Crippen LogP contribution in [-0.4, -0.2) is 88.3 Å². The van der Waals surface area contributed by atoms with Crippen molar-refractivity contribution < 1.29 is 39.3 Å². The number of carboxylic acid groups (broad SMARTS) is 1. The fourth-order valence-corrected chi connectivity index (χ4v) is 3.63. The number of phenols is 1. The van der Waals surface area contributed by atoms with E-state index in [-0.39, 0.29) is 18.6 Å². The van der Waals surface area contributed by atoms with E-state index in [1.807, 2.05) is 0 Å². The third-order valence-electron chi connectivity index (χ3n) is 6.10. The summed E-state index contributed by atoms with van der Waals surface area (Å²) in [6.07, 6.45) is 1.24. The Hall–Kier alpha value is -3.75. The number of nitrogens with two attached hydrogens (primary N) is 2. The van der Waals surface area contributed by atoms with E-state index < -0.39 is 72.3 Å². The Morgan fingerprint density at radius 2 is 1.40 bits per heavy atom. The van der Waals surface area contributed by atoms with E-state index >= 15 is 0 Å². The van der Waals surface area contributed by atoms with Crippen molar-refractivity contribution in [2.75, 3.05) is 13.2 Å². The van der Waals surface area contributed by atoms with Gasteiger partial charge in [-0.2, -0.15) is 0 Å². The predicted octanol–water partition coefficient (Wildman–Crippen LogP) is -1.92. The lowest BCUT2D eigenvalue weighted by molar-refractivity contribution is -0.142. The molecule has 0 saturated heterocycles. The number of carboxylic acids is 1. The molecule has 14 heteroatoms. The highest BCUT2D eigenvalue weighted by Crippen LogP contribution is 2.13. The second-order valence-corrected chi connectivity index (χ2v) is 9.87. The van der Waals surface area contributed by atoms with Crippen LogP contribution in [0.2, 0.25) is 0 Å². The number of hydrogen-bond donors (Lipinski definition) is 9. The second-order valence-electron chi connectivity index (χ2n) is 9.87. The minimum absolute atomic E-state index is 0.00966. The fraction of sp³-hybridized carbons (Fsp3) is 0.577. The summed E-state index contributed by atoms with van der Waals surface area (Å²) < 4.78 is 0. The first kappa shape index (κ1) is 34.3. The number of rotatable bonds is 17. The van der Waals surface area contributed by atoms with Gasteiger partial charge in [0.25, 0.3) is 0 Å². The first-order valence-electron chi connectivity index (χ1n) is 13.1. The molecule has 0 aromatic heterocycles. The van der Waals surface area contributed by atoms with Crippen LogP contribution in [0, 0.1) is 5.92 Å². The Balaban J connectivity index is 3.12. The Kier molecular flexibility index (Phi) is 14.6. The number of amides is 4. The quantitative estimate of drug-likeness (QED) is 0.0946. The predicted molar refractivity (Wildman–Crippen MR) is 146 cm³/mol. The Bertz CT molecular complexity index is 1000. The van der Waals surface area contributed by atoms with Crippen LogP contribution in [0.5, 0.6) is 5.75 Å². The van der Waals surface area contributed by atoms with Crippen LogP contribution in [0.15, 0.2) is 24.3 Å². The van der Waals surface area contributed by atoms with E-state index in [2.05, 4.69) is 21.3 Å². The molecule has 11 N–H and O–H groups in total. The third kappa shape index (κ3) is 11.6. The van der Waals surface area contributed by atoms with Gasteiger partial charge in [-0.1, -0.05) is 26.0 Å². The van der Waals surface area contributed by atoms with Crippen molar-refractivity contribution in [2.45, 2.75) is 76.7 Å². The summed E-state index contributed by atoms with van der Waals surface area (Å²) in [7, 11) is 0. The van der Waals surface area contributed by atoms with Gasteiger partial charge in [-0.05, 0) is 56.3 Å². The number of aliphatic carboxylic acids is 1. The first-order chi connectivity index (χ1) is 18.8. The van der Waals surface area contributed by atoms with Crippen LogP contribution < -0.4 is 32.7 Å². The van der Waals surface area contributed by atoms with Crippen molar-refractivity contribution in [3.05, 3.63) is 29.8 Å². The van der Waals surface area contributed by atoms with Gasteiger partial charge < -0.3 is 48.1 Å². The maximum atomic E-state index is 13.3.